The molecule has 1 atom stereocenters. The van der Waals surface area contributed by atoms with E-state index in [2.05, 4.69) is 0 Å². The van der Waals surface area contributed by atoms with E-state index in [4.69, 9.17) is 0 Å². The van der Waals surface area contributed by atoms with Gasteiger partial charge in [-0.05, 0) is 37.1 Å². The van der Waals surface area contributed by atoms with Crippen molar-refractivity contribution in [1.82, 2.24) is 0 Å². The summed E-state index contributed by atoms with van der Waals surface area (Å²) in [5, 5.41) is 11.2. The third-order valence-electron chi connectivity index (χ3n) is 3.61. The van der Waals surface area contributed by atoms with Crippen LogP contribution >= 0.6 is 0 Å². The number of nitro benzene ring substituents is 1. The van der Waals surface area contributed by atoms with Gasteiger partial charge in [0.2, 0.25) is 5.82 Å². The second-order valence-corrected chi connectivity index (χ2v) is 4.92. The zero-order valence-corrected chi connectivity index (χ0v) is 10.9. The van der Waals surface area contributed by atoms with Crippen LogP contribution in [0.1, 0.15) is 12.5 Å². The molecule has 1 heterocycles. The Kier molecular flexibility index (Phi) is 2.89. The number of hydrogen-bond acceptors (Lipinski definition) is 3. The summed E-state index contributed by atoms with van der Waals surface area (Å²) in [5.74, 6) is -0.802. The molecule has 0 radical (unpaired) electrons. The Morgan fingerprint density at radius 1 is 1.20 bits per heavy atom. The first-order chi connectivity index (χ1) is 9.59. The number of benzene rings is 2. The van der Waals surface area contributed by atoms with Crippen LogP contribution < -0.4 is 4.90 Å². The average Bonchev–Trinajstić information content (AvgIpc) is 2.73. The largest absolute Gasteiger partial charge is 0.332 e. The number of para-hydroxylation sites is 2. The highest BCUT2D eigenvalue weighted by Gasteiger charge is 2.32. The number of rotatable bonds is 2. The molecule has 5 heteroatoms. The van der Waals surface area contributed by atoms with Crippen LogP contribution in [0.4, 0.5) is 21.5 Å². The van der Waals surface area contributed by atoms with E-state index < -0.39 is 16.4 Å². The van der Waals surface area contributed by atoms with E-state index in [-0.39, 0.29) is 6.04 Å². The third kappa shape index (κ3) is 1.82. The van der Waals surface area contributed by atoms with E-state index in [1.165, 1.54) is 6.07 Å². The van der Waals surface area contributed by atoms with Crippen molar-refractivity contribution >= 4 is 17.1 Å². The maximum Gasteiger partial charge on any atom is 0.328 e. The van der Waals surface area contributed by atoms with Gasteiger partial charge in [-0.25, -0.2) is 0 Å². The van der Waals surface area contributed by atoms with Crippen LogP contribution in [0.5, 0.6) is 0 Å². The number of anilines is 2. The smallest absolute Gasteiger partial charge is 0.328 e. The van der Waals surface area contributed by atoms with Gasteiger partial charge in [0.15, 0.2) is 0 Å². The predicted molar refractivity (Wildman–Crippen MR) is 74.8 cm³/mol. The Bertz CT molecular complexity index is 687. The first-order valence-electron chi connectivity index (χ1n) is 6.39. The highest BCUT2D eigenvalue weighted by atomic mass is 19.1. The van der Waals surface area contributed by atoms with Gasteiger partial charge in [0.1, 0.15) is 5.69 Å². The van der Waals surface area contributed by atoms with Crippen LogP contribution in [0.15, 0.2) is 42.5 Å². The Hall–Kier alpha value is -2.43. The lowest BCUT2D eigenvalue weighted by molar-refractivity contribution is -0.386. The van der Waals surface area contributed by atoms with Gasteiger partial charge in [-0.1, -0.05) is 24.3 Å². The van der Waals surface area contributed by atoms with E-state index in [9.17, 15) is 14.5 Å². The van der Waals surface area contributed by atoms with E-state index >= 15 is 0 Å². The molecule has 2 aromatic rings. The second kappa shape index (κ2) is 4.59. The summed E-state index contributed by atoms with van der Waals surface area (Å²) in [5.41, 5.74) is 1.88. The summed E-state index contributed by atoms with van der Waals surface area (Å²) in [7, 11) is 0. The minimum Gasteiger partial charge on any atom is -0.332 e. The molecular formula is C15H13FN2O2. The highest BCUT2D eigenvalue weighted by Crippen LogP contribution is 2.42. The number of fused-ring (bicyclic) bond motifs is 1. The Balaban J connectivity index is 2.20. The van der Waals surface area contributed by atoms with Crippen molar-refractivity contribution in [2.24, 2.45) is 0 Å². The van der Waals surface area contributed by atoms with Gasteiger partial charge in [-0.2, -0.15) is 4.39 Å². The fraction of sp³-hybridized carbons (Fsp3) is 0.200. The van der Waals surface area contributed by atoms with Crippen molar-refractivity contribution in [1.29, 1.82) is 0 Å². The molecule has 0 N–H and O–H groups in total. The SMILES string of the molecule is CC1Cc2ccccc2N1c1cccc(F)c1[N+](=O)[O-]. The van der Waals surface area contributed by atoms with Crippen LogP contribution in [-0.2, 0) is 6.42 Å². The summed E-state index contributed by atoms with van der Waals surface area (Å²) >= 11 is 0. The van der Waals surface area contributed by atoms with E-state index in [1.807, 2.05) is 36.1 Å². The highest BCUT2D eigenvalue weighted by molar-refractivity contribution is 5.77. The van der Waals surface area contributed by atoms with E-state index in [1.54, 1.807) is 6.07 Å². The van der Waals surface area contributed by atoms with Crippen molar-refractivity contribution in [2.45, 2.75) is 19.4 Å². The zero-order valence-electron chi connectivity index (χ0n) is 10.9. The summed E-state index contributed by atoms with van der Waals surface area (Å²) < 4.78 is 13.8. The molecule has 0 aliphatic carbocycles. The quantitative estimate of drug-likeness (QED) is 0.616. The molecule has 0 saturated carbocycles. The molecule has 1 unspecified atom stereocenters. The van der Waals surface area contributed by atoms with Crippen LogP contribution in [0, 0.1) is 15.9 Å². The predicted octanol–water partition coefficient (Wildman–Crippen LogP) is 3.82. The fourth-order valence-electron chi connectivity index (χ4n) is 2.81. The summed E-state index contributed by atoms with van der Waals surface area (Å²) in [4.78, 5) is 12.3. The van der Waals surface area contributed by atoms with E-state index in [0.717, 1.165) is 23.7 Å². The Morgan fingerprint density at radius 2 is 1.90 bits per heavy atom. The van der Waals surface area contributed by atoms with Gasteiger partial charge in [0.05, 0.1) is 4.92 Å². The van der Waals surface area contributed by atoms with Crippen LogP contribution in [0.2, 0.25) is 0 Å². The van der Waals surface area contributed by atoms with Crippen LogP contribution in [-0.4, -0.2) is 11.0 Å². The first kappa shape index (κ1) is 12.6. The van der Waals surface area contributed by atoms with Crippen molar-refractivity contribution in [3.8, 4) is 0 Å². The second-order valence-electron chi connectivity index (χ2n) is 4.92. The molecule has 0 fully saturated rings. The molecule has 0 saturated heterocycles. The topological polar surface area (TPSA) is 46.4 Å². The molecule has 0 spiro atoms. The molecule has 102 valence electrons. The standard InChI is InChI=1S/C15H13FN2O2/c1-10-9-11-5-2-3-7-13(11)17(10)14-8-4-6-12(16)15(14)18(19)20/h2-8,10H,9H2,1H3. The maximum atomic E-state index is 13.8. The molecule has 20 heavy (non-hydrogen) atoms. The lowest BCUT2D eigenvalue weighted by Gasteiger charge is -2.24. The molecule has 4 nitrogen and oxygen atoms in total. The number of halogens is 1. The van der Waals surface area contributed by atoms with Gasteiger partial charge >= 0.3 is 5.69 Å². The van der Waals surface area contributed by atoms with Crippen molar-refractivity contribution in [3.05, 3.63) is 64.0 Å². The van der Waals surface area contributed by atoms with Crippen molar-refractivity contribution < 1.29 is 9.31 Å². The molecule has 1 aliphatic rings. The average molecular weight is 272 g/mol. The number of hydrogen-bond donors (Lipinski definition) is 0. The molecule has 0 amide bonds. The van der Waals surface area contributed by atoms with Crippen molar-refractivity contribution in [3.63, 3.8) is 0 Å². The monoisotopic (exact) mass is 272 g/mol. The lowest BCUT2D eigenvalue weighted by atomic mass is 10.1. The van der Waals surface area contributed by atoms with Gasteiger partial charge in [-0.3, -0.25) is 10.1 Å². The van der Waals surface area contributed by atoms with Gasteiger partial charge in [0, 0.05) is 11.7 Å². The van der Waals surface area contributed by atoms with Crippen molar-refractivity contribution in [2.75, 3.05) is 4.90 Å². The minimum absolute atomic E-state index is 0.0629. The van der Waals surface area contributed by atoms with Crippen LogP contribution in [0.3, 0.4) is 0 Å². The first-order valence-corrected chi connectivity index (χ1v) is 6.39. The lowest BCUT2D eigenvalue weighted by Crippen LogP contribution is -2.24. The van der Waals surface area contributed by atoms with Gasteiger partial charge < -0.3 is 4.90 Å². The number of nitro groups is 1. The number of nitrogens with zero attached hydrogens (tertiary/aromatic N) is 2. The van der Waals surface area contributed by atoms with Gasteiger partial charge in [0.25, 0.3) is 0 Å². The van der Waals surface area contributed by atoms with E-state index in [0.29, 0.717) is 5.69 Å². The Labute approximate surface area is 115 Å². The molecule has 1 aliphatic heterocycles. The molecular weight excluding hydrogens is 259 g/mol. The normalized spacial score (nSPS) is 17.1. The van der Waals surface area contributed by atoms with Gasteiger partial charge in [-0.15, -0.1) is 0 Å². The molecule has 3 rings (SSSR count). The zero-order chi connectivity index (χ0) is 14.3. The minimum atomic E-state index is -0.802. The van der Waals surface area contributed by atoms with Crippen LogP contribution in [0.25, 0.3) is 0 Å². The summed E-state index contributed by atoms with van der Waals surface area (Å²) in [6.45, 7) is 1.98. The Morgan fingerprint density at radius 3 is 2.65 bits per heavy atom. The molecule has 0 bridgehead atoms. The maximum absolute atomic E-state index is 13.8. The molecule has 0 aromatic heterocycles. The fourth-order valence-corrected chi connectivity index (χ4v) is 2.81. The molecule has 2 aromatic carbocycles. The summed E-state index contributed by atoms with van der Waals surface area (Å²) in [6, 6.07) is 12.0. The summed E-state index contributed by atoms with van der Waals surface area (Å²) in [6.07, 6.45) is 0.795. The third-order valence-corrected chi connectivity index (χ3v) is 3.61.